The van der Waals surface area contributed by atoms with Crippen molar-refractivity contribution in [3.8, 4) is 18.1 Å². The molecule has 23 heavy (non-hydrogen) atoms. The molecule has 0 saturated carbocycles. The molecular formula is C18H15FN2O2. The van der Waals surface area contributed by atoms with Gasteiger partial charge in [-0.05, 0) is 29.8 Å². The smallest absolute Gasteiger partial charge is 0.269 e. The minimum absolute atomic E-state index is 0.104. The topological polar surface area (TPSA) is 55.6 Å². The summed E-state index contributed by atoms with van der Waals surface area (Å²) in [7, 11) is 0. The number of hydrogen-bond donors (Lipinski definition) is 1. The van der Waals surface area contributed by atoms with E-state index in [4.69, 9.17) is 16.9 Å². The van der Waals surface area contributed by atoms with Crippen molar-refractivity contribution in [2.24, 2.45) is 0 Å². The van der Waals surface area contributed by atoms with Gasteiger partial charge in [-0.1, -0.05) is 24.1 Å². The molecule has 0 saturated heterocycles. The van der Waals surface area contributed by atoms with Crippen LogP contribution in [0.2, 0.25) is 0 Å². The van der Waals surface area contributed by atoms with Crippen molar-refractivity contribution in [3.63, 3.8) is 0 Å². The largest absolute Gasteiger partial charge is 0.478 e. The Kier molecular flexibility index (Phi) is 3.90. The molecule has 4 nitrogen and oxygen atoms in total. The quantitative estimate of drug-likeness (QED) is 0.699. The molecule has 2 aromatic rings. The third-order valence-electron chi connectivity index (χ3n) is 3.70. The van der Waals surface area contributed by atoms with E-state index < -0.39 is 6.10 Å². The van der Waals surface area contributed by atoms with Crippen LogP contribution in [0.15, 0.2) is 42.5 Å². The fourth-order valence-electron chi connectivity index (χ4n) is 2.59. The lowest BCUT2D eigenvalue weighted by molar-refractivity contribution is -0.126. The van der Waals surface area contributed by atoms with Crippen molar-refractivity contribution >= 4 is 17.3 Å². The SMILES string of the molecule is C#CCN1C(=O)C(Cc2ccccc2F)Oc2ccc(N)cc21. The molecule has 2 N–H and O–H groups in total. The van der Waals surface area contributed by atoms with Gasteiger partial charge in [-0.15, -0.1) is 6.42 Å². The molecule has 0 bridgehead atoms. The Morgan fingerprint density at radius 1 is 1.30 bits per heavy atom. The lowest BCUT2D eigenvalue weighted by Crippen LogP contribution is -2.47. The van der Waals surface area contributed by atoms with Crippen LogP contribution in [0, 0.1) is 18.2 Å². The highest BCUT2D eigenvalue weighted by molar-refractivity contribution is 6.01. The molecule has 1 aliphatic heterocycles. The number of rotatable bonds is 3. The maximum Gasteiger partial charge on any atom is 0.269 e. The molecule has 1 aliphatic rings. The Morgan fingerprint density at radius 3 is 2.83 bits per heavy atom. The second kappa shape index (κ2) is 6.01. The van der Waals surface area contributed by atoms with Crippen LogP contribution in [0.1, 0.15) is 5.56 Å². The average molecular weight is 310 g/mol. The molecule has 1 unspecified atom stereocenters. The Morgan fingerprint density at radius 2 is 2.09 bits per heavy atom. The summed E-state index contributed by atoms with van der Waals surface area (Å²) >= 11 is 0. The van der Waals surface area contributed by atoms with Gasteiger partial charge in [0, 0.05) is 12.1 Å². The molecule has 1 atom stereocenters. The number of fused-ring (bicyclic) bond motifs is 1. The van der Waals surface area contributed by atoms with Gasteiger partial charge >= 0.3 is 0 Å². The van der Waals surface area contributed by atoms with E-state index in [1.807, 2.05) is 0 Å². The second-order valence-electron chi connectivity index (χ2n) is 5.26. The number of amides is 1. The molecule has 2 aromatic carbocycles. The number of nitrogens with two attached hydrogens (primary N) is 1. The first-order valence-electron chi connectivity index (χ1n) is 7.14. The van der Waals surface area contributed by atoms with Crippen LogP contribution in [0.3, 0.4) is 0 Å². The number of hydrogen-bond acceptors (Lipinski definition) is 3. The van der Waals surface area contributed by atoms with Gasteiger partial charge in [0.15, 0.2) is 6.10 Å². The molecule has 0 spiro atoms. The summed E-state index contributed by atoms with van der Waals surface area (Å²) in [4.78, 5) is 14.1. The van der Waals surface area contributed by atoms with Gasteiger partial charge in [0.2, 0.25) is 0 Å². The highest BCUT2D eigenvalue weighted by Crippen LogP contribution is 2.36. The van der Waals surface area contributed by atoms with Crippen LogP contribution in [0.4, 0.5) is 15.8 Å². The Hall–Kier alpha value is -3.00. The summed E-state index contributed by atoms with van der Waals surface area (Å²) in [5, 5.41) is 0. The molecule has 5 heteroatoms. The number of halogens is 1. The number of carbonyl (C=O) groups excluding carboxylic acids is 1. The van der Waals surface area contributed by atoms with Crippen molar-refractivity contribution in [1.29, 1.82) is 0 Å². The normalized spacial score (nSPS) is 16.4. The molecule has 116 valence electrons. The van der Waals surface area contributed by atoms with Crippen molar-refractivity contribution in [3.05, 3.63) is 53.8 Å². The molecule has 1 amide bonds. The van der Waals surface area contributed by atoms with Crippen LogP contribution in [-0.2, 0) is 11.2 Å². The first-order valence-corrected chi connectivity index (χ1v) is 7.14. The number of terminal acetylenes is 1. The number of ether oxygens (including phenoxy) is 1. The molecular weight excluding hydrogens is 295 g/mol. The van der Waals surface area contributed by atoms with Crippen LogP contribution in [0.5, 0.6) is 5.75 Å². The first-order chi connectivity index (χ1) is 11.1. The van der Waals surface area contributed by atoms with Gasteiger partial charge < -0.3 is 10.5 Å². The second-order valence-corrected chi connectivity index (χ2v) is 5.26. The summed E-state index contributed by atoms with van der Waals surface area (Å²) in [6.07, 6.45) is 4.68. The fourth-order valence-corrected chi connectivity index (χ4v) is 2.59. The van der Waals surface area contributed by atoms with E-state index in [0.29, 0.717) is 22.7 Å². The minimum Gasteiger partial charge on any atom is -0.478 e. The van der Waals surface area contributed by atoms with Crippen molar-refractivity contribution < 1.29 is 13.9 Å². The Balaban J connectivity index is 1.95. The van der Waals surface area contributed by atoms with Crippen LogP contribution in [0.25, 0.3) is 0 Å². The van der Waals surface area contributed by atoms with Crippen LogP contribution < -0.4 is 15.4 Å². The van der Waals surface area contributed by atoms with Gasteiger partial charge in [-0.3, -0.25) is 9.69 Å². The third kappa shape index (κ3) is 2.84. The van der Waals surface area contributed by atoms with Crippen molar-refractivity contribution in [1.82, 2.24) is 0 Å². The summed E-state index contributed by atoms with van der Waals surface area (Å²) < 4.78 is 19.6. The molecule has 0 radical (unpaired) electrons. The van der Waals surface area contributed by atoms with Gasteiger partial charge in [-0.25, -0.2) is 4.39 Å². The standard InChI is InChI=1S/C18H15FN2O2/c1-2-9-21-15-11-13(20)7-8-16(15)23-17(18(21)22)10-12-5-3-4-6-14(12)19/h1,3-8,11,17H,9-10,20H2. The Labute approximate surface area is 133 Å². The summed E-state index contributed by atoms with van der Waals surface area (Å²) in [5.41, 5.74) is 7.24. The zero-order valence-electron chi connectivity index (χ0n) is 12.3. The number of nitrogen functional groups attached to an aromatic ring is 1. The monoisotopic (exact) mass is 310 g/mol. The predicted octanol–water partition coefficient (Wildman–Crippen LogP) is 2.38. The molecule has 1 heterocycles. The fraction of sp³-hybridized carbons (Fsp3) is 0.167. The molecule has 0 aliphatic carbocycles. The van der Waals surface area contributed by atoms with Crippen LogP contribution >= 0.6 is 0 Å². The molecule has 3 rings (SSSR count). The van der Waals surface area contributed by atoms with Gasteiger partial charge in [0.05, 0.1) is 12.2 Å². The van der Waals surface area contributed by atoms with Crippen LogP contribution in [-0.4, -0.2) is 18.6 Å². The van der Waals surface area contributed by atoms with Crippen molar-refractivity contribution in [2.75, 3.05) is 17.2 Å². The van der Waals surface area contributed by atoms with Gasteiger partial charge in [0.25, 0.3) is 5.91 Å². The van der Waals surface area contributed by atoms with Gasteiger partial charge in [0.1, 0.15) is 11.6 Å². The highest BCUT2D eigenvalue weighted by Gasteiger charge is 2.34. The first kappa shape index (κ1) is 14.9. The number of carbonyl (C=O) groups is 1. The van der Waals surface area contributed by atoms with E-state index >= 15 is 0 Å². The van der Waals surface area contributed by atoms with Crippen molar-refractivity contribution in [2.45, 2.75) is 12.5 Å². The maximum absolute atomic E-state index is 13.8. The highest BCUT2D eigenvalue weighted by atomic mass is 19.1. The van der Waals surface area contributed by atoms with E-state index in [1.165, 1.54) is 11.0 Å². The average Bonchev–Trinajstić information content (AvgIpc) is 2.54. The minimum atomic E-state index is -0.823. The van der Waals surface area contributed by atoms with E-state index in [-0.39, 0.29) is 24.7 Å². The lowest BCUT2D eigenvalue weighted by atomic mass is 10.0. The Bertz CT molecular complexity index is 798. The summed E-state index contributed by atoms with van der Waals surface area (Å²) in [6, 6.07) is 11.3. The lowest BCUT2D eigenvalue weighted by Gasteiger charge is -2.33. The number of nitrogens with zero attached hydrogens (tertiary/aromatic N) is 1. The number of benzene rings is 2. The maximum atomic E-state index is 13.8. The summed E-state index contributed by atoms with van der Waals surface area (Å²) in [5.74, 6) is 2.30. The van der Waals surface area contributed by atoms with E-state index in [2.05, 4.69) is 5.92 Å². The van der Waals surface area contributed by atoms with E-state index in [0.717, 1.165) is 0 Å². The zero-order chi connectivity index (χ0) is 16.4. The van der Waals surface area contributed by atoms with E-state index in [9.17, 15) is 9.18 Å². The summed E-state index contributed by atoms with van der Waals surface area (Å²) in [6.45, 7) is 0.104. The number of anilines is 2. The molecule has 0 aromatic heterocycles. The third-order valence-corrected chi connectivity index (χ3v) is 3.70. The predicted molar refractivity (Wildman–Crippen MR) is 86.6 cm³/mol. The molecule has 0 fully saturated rings. The van der Waals surface area contributed by atoms with Gasteiger partial charge in [-0.2, -0.15) is 0 Å². The van der Waals surface area contributed by atoms with E-state index in [1.54, 1.807) is 36.4 Å². The zero-order valence-corrected chi connectivity index (χ0v) is 12.3.